The quantitative estimate of drug-likeness (QED) is 0.435. The van der Waals surface area contributed by atoms with Gasteiger partial charge in [0.2, 0.25) is 5.95 Å². The number of hydrogen-bond donors (Lipinski definition) is 2. The van der Waals surface area contributed by atoms with Crippen LogP contribution < -0.4 is 15.4 Å². The van der Waals surface area contributed by atoms with Gasteiger partial charge < -0.3 is 15.4 Å². The molecule has 0 bridgehead atoms. The van der Waals surface area contributed by atoms with E-state index in [1.165, 1.54) is 12.1 Å². The Hall–Kier alpha value is -4.26. The molecule has 0 atom stereocenters. The molecule has 0 unspecified atom stereocenters. The van der Waals surface area contributed by atoms with Crippen LogP contribution in [0, 0.1) is 5.82 Å². The second-order valence-electron chi connectivity index (χ2n) is 7.04. The molecule has 0 aliphatic carbocycles. The summed E-state index contributed by atoms with van der Waals surface area (Å²) in [6, 6.07) is 20.8. The van der Waals surface area contributed by atoms with Crippen LogP contribution in [-0.2, 0) is 6.54 Å². The number of methoxy groups -OCH3 is 1. The van der Waals surface area contributed by atoms with Gasteiger partial charge >= 0.3 is 0 Å². The fraction of sp³-hybridized carbons (Fsp3) is 0.0800. The third kappa shape index (κ3) is 5.26. The van der Waals surface area contributed by atoms with Crippen molar-refractivity contribution in [2.45, 2.75) is 6.54 Å². The Morgan fingerprint density at radius 1 is 0.938 bits per heavy atom. The number of rotatable bonds is 7. The van der Waals surface area contributed by atoms with Gasteiger partial charge in [0.15, 0.2) is 0 Å². The maximum atomic E-state index is 13.4. The third-order valence-electron chi connectivity index (χ3n) is 4.83. The molecular formula is C25H21FN4O2. The second kappa shape index (κ2) is 9.70. The summed E-state index contributed by atoms with van der Waals surface area (Å²) in [6.45, 7) is 0.425. The average Bonchev–Trinajstić information content (AvgIpc) is 2.84. The lowest BCUT2D eigenvalue weighted by atomic mass is 10.1. The SMILES string of the molecule is COc1ccc(CNC(=O)c2ccc(Nc3ncc(-c4cccc(F)c4)cn3)cc2)cc1. The number of nitrogens with one attached hydrogen (secondary N) is 2. The fourth-order valence-corrected chi connectivity index (χ4v) is 3.07. The molecule has 2 N–H and O–H groups in total. The Morgan fingerprint density at radius 3 is 2.31 bits per heavy atom. The molecule has 0 aliphatic rings. The van der Waals surface area contributed by atoms with E-state index in [0.29, 0.717) is 23.6 Å². The normalized spacial score (nSPS) is 10.4. The van der Waals surface area contributed by atoms with E-state index in [2.05, 4.69) is 20.6 Å². The van der Waals surface area contributed by atoms with Crippen molar-refractivity contribution in [2.75, 3.05) is 12.4 Å². The van der Waals surface area contributed by atoms with Gasteiger partial charge in [0.25, 0.3) is 5.91 Å². The highest BCUT2D eigenvalue weighted by Gasteiger charge is 2.07. The standard InChI is InChI=1S/C25H21FN4O2/c1-32-23-11-5-17(6-12-23)14-27-24(31)18-7-9-22(10-8-18)30-25-28-15-20(16-29-25)19-3-2-4-21(26)13-19/h2-13,15-16H,14H2,1H3,(H,27,31)(H,28,29,30). The lowest BCUT2D eigenvalue weighted by molar-refractivity contribution is 0.0951. The van der Waals surface area contributed by atoms with Crippen LogP contribution >= 0.6 is 0 Å². The molecule has 0 saturated heterocycles. The Balaban J connectivity index is 1.34. The maximum Gasteiger partial charge on any atom is 0.251 e. The molecule has 4 aromatic rings. The molecule has 1 amide bonds. The molecular weight excluding hydrogens is 407 g/mol. The molecule has 0 fully saturated rings. The average molecular weight is 428 g/mol. The van der Waals surface area contributed by atoms with E-state index in [9.17, 15) is 9.18 Å². The summed E-state index contributed by atoms with van der Waals surface area (Å²) in [7, 11) is 1.61. The first-order valence-electron chi connectivity index (χ1n) is 9.97. The predicted molar refractivity (Wildman–Crippen MR) is 121 cm³/mol. The van der Waals surface area contributed by atoms with Crippen LogP contribution in [0.25, 0.3) is 11.1 Å². The van der Waals surface area contributed by atoms with Gasteiger partial charge in [0.1, 0.15) is 11.6 Å². The molecule has 0 saturated carbocycles. The summed E-state index contributed by atoms with van der Waals surface area (Å²) in [5.74, 6) is 0.707. The minimum Gasteiger partial charge on any atom is -0.497 e. The number of anilines is 2. The number of nitrogens with zero attached hydrogens (tertiary/aromatic N) is 2. The van der Waals surface area contributed by atoms with Gasteiger partial charge in [-0.25, -0.2) is 14.4 Å². The molecule has 32 heavy (non-hydrogen) atoms. The Bertz CT molecular complexity index is 1190. The summed E-state index contributed by atoms with van der Waals surface area (Å²) >= 11 is 0. The molecule has 160 valence electrons. The zero-order valence-corrected chi connectivity index (χ0v) is 17.4. The number of aromatic nitrogens is 2. The minimum absolute atomic E-state index is 0.164. The van der Waals surface area contributed by atoms with Crippen molar-refractivity contribution < 1.29 is 13.9 Å². The highest BCUT2D eigenvalue weighted by molar-refractivity contribution is 5.94. The number of amides is 1. The summed E-state index contributed by atoms with van der Waals surface area (Å²) in [5, 5.41) is 5.98. The van der Waals surface area contributed by atoms with E-state index in [1.54, 1.807) is 55.9 Å². The van der Waals surface area contributed by atoms with Gasteiger partial charge in [-0.3, -0.25) is 4.79 Å². The third-order valence-corrected chi connectivity index (χ3v) is 4.83. The van der Waals surface area contributed by atoms with Crippen molar-refractivity contribution in [1.82, 2.24) is 15.3 Å². The Kier molecular flexibility index (Phi) is 6.36. The number of carbonyl (C=O) groups excluding carboxylic acids is 1. The fourth-order valence-electron chi connectivity index (χ4n) is 3.07. The summed E-state index contributed by atoms with van der Waals surface area (Å²) < 4.78 is 18.5. The van der Waals surface area contributed by atoms with E-state index < -0.39 is 0 Å². The van der Waals surface area contributed by atoms with Crippen molar-refractivity contribution in [3.8, 4) is 16.9 Å². The molecule has 7 heteroatoms. The molecule has 4 rings (SSSR count). The lowest BCUT2D eigenvalue weighted by Crippen LogP contribution is -2.22. The van der Waals surface area contributed by atoms with Gasteiger partial charge in [-0.05, 0) is 59.7 Å². The number of halogens is 1. The first-order valence-corrected chi connectivity index (χ1v) is 9.97. The molecule has 1 aromatic heterocycles. The molecule has 6 nitrogen and oxygen atoms in total. The maximum absolute atomic E-state index is 13.4. The van der Waals surface area contributed by atoms with E-state index in [4.69, 9.17) is 4.74 Å². The summed E-state index contributed by atoms with van der Waals surface area (Å²) in [4.78, 5) is 21.0. The topological polar surface area (TPSA) is 76.1 Å². The smallest absolute Gasteiger partial charge is 0.251 e. The zero-order chi connectivity index (χ0) is 22.3. The number of hydrogen-bond acceptors (Lipinski definition) is 5. The van der Waals surface area contributed by atoms with Crippen LogP contribution in [0.15, 0.2) is 85.2 Å². The van der Waals surface area contributed by atoms with E-state index in [-0.39, 0.29) is 11.7 Å². The van der Waals surface area contributed by atoms with Crippen LogP contribution in [0.4, 0.5) is 16.0 Å². The van der Waals surface area contributed by atoms with E-state index in [1.807, 2.05) is 24.3 Å². The van der Waals surface area contributed by atoms with Crippen LogP contribution in [0.2, 0.25) is 0 Å². The zero-order valence-electron chi connectivity index (χ0n) is 17.4. The Labute approximate surface area is 185 Å². The van der Waals surface area contributed by atoms with Crippen LogP contribution in [-0.4, -0.2) is 23.0 Å². The van der Waals surface area contributed by atoms with Gasteiger partial charge in [-0.15, -0.1) is 0 Å². The van der Waals surface area contributed by atoms with Gasteiger partial charge in [0, 0.05) is 35.8 Å². The second-order valence-corrected chi connectivity index (χ2v) is 7.04. The largest absolute Gasteiger partial charge is 0.497 e. The van der Waals surface area contributed by atoms with Crippen LogP contribution in [0.3, 0.4) is 0 Å². The van der Waals surface area contributed by atoms with Gasteiger partial charge in [0.05, 0.1) is 7.11 Å². The predicted octanol–water partition coefficient (Wildman–Crippen LogP) is 4.96. The van der Waals surface area contributed by atoms with Crippen LogP contribution in [0.1, 0.15) is 15.9 Å². The number of carbonyl (C=O) groups is 1. The Morgan fingerprint density at radius 2 is 1.66 bits per heavy atom. The van der Waals surface area contributed by atoms with Crippen LogP contribution in [0.5, 0.6) is 5.75 Å². The van der Waals surface area contributed by atoms with Gasteiger partial charge in [-0.1, -0.05) is 24.3 Å². The summed E-state index contributed by atoms with van der Waals surface area (Å²) in [6.07, 6.45) is 3.26. The highest BCUT2D eigenvalue weighted by atomic mass is 19.1. The lowest BCUT2D eigenvalue weighted by Gasteiger charge is -2.08. The number of ether oxygens (including phenoxy) is 1. The van der Waals surface area contributed by atoms with Crippen molar-refractivity contribution >= 4 is 17.5 Å². The van der Waals surface area contributed by atoms with Crippen molar-refractivity contribution in [2.24, 2.45) is 0 Å². The molecule has 1 heterocycles. The van der Waals surface area contributed by atoms with E-state index >= 15 is 0 Å². The van der Waals surface area contributed by atoms with Crippen molar-refractivity contribution in [1.29, 1.82) is 0 Å². The first kappa shape index (κ1) is 21.0. The van der Waals surface area contributed by atoms with Gasteiger partial charge in [-0.2, -0.15) is 0 Å². The number of benzene rings is 3. The van der Waals surface area contributed by atoms with Crippen molar-refractivity contribution in [3.05, 3.63) is 102 Å². The monoisotopic (exact) mass is 428 g/mol. The van der Waals surface area contributed by atoms with E-state index in [0.717, 1.165) is 22.6 Å². The molecule has 3 aromatic carbocycles. The first-order chi connectivity index (χ1) is 15.6. The summed E-state index contributed by atoms with van der Waals surface area (Å²) in [5.41, 5.74) is 3.71. The highest BCUT2D eigenvalue weighted by Crippen LogP contribution is 2.20. The molecule has 0 radical (unpaired) electrons. The van der Waals surface area contributed by atoms with Crippen molar-refractivity contribution in [3.63, 3.8) is 0 Å². The minimum atomic E-state index is -0.308. The molecule has 0 spiro atoms. The molecule has 0 aliphatic heterocycles.